The van der Waals surface area contributed by atoms with Crippen LogP contribution in [0.1, 0.15) is 13.3 Å². The van der Waals surface area contributed by atoms with Crippen molar-refractivity contribution in [2.45, 2.75) is 13.3 Å². The van der Waals surface area contributed by atoms with E-state index in [1.54, 1.807) is 0 Å². The number of hydrogen-bond acceptors (Lipinski definition) is 3. The molecular formula is C13H22ClN3. The van der Waals surface area contributed by atoms with Gasteiger partial charge in [0.05, 0.1) is 16.4 Å². The average Bonchev–Trinajstić information content (AvgIpc) is 2.25. The van der Waals surface area contributed by atoms with Gasteiger partial charge in [-0.05, 0) is 32.6 Å². The van der Waals surface area contributed by atoms with E-state index in [2.05, 4.69) is 30.8 Å². The summed E-state index contributed by atoms with van der Waals surface area (Å²) in [5, 5.41) is 0.734. The summed E-state index contributed by atoms with van der Waals surface area (Å²) in [5.74, 6) is 0. The molecule has 96 valence electrons. The van der Waals surface area contributed by atoms with Crippen molar-refractivity contribution in [3.8, 4) is 0 Å². The monoisotopic (exact) mass is 255 g/mol. The lowest BCUT2D eigenvalue weighted by Crippen LogP contribution is -2.33. The third kappa shape index (κ3) is 4.10. The van der Waals surface area contributed by atoms with E-state index in [-0.39, 0.29) is 0 Å². The molecule has 17 heavy (non-hydrogen) atoms. The highest BCUT2D eigenvalue weighted by Crippen LogP contribution is 2.31. The highest BCUT2D eigenvalue weighted by molar-refractivity contribution is 6.34. The molecule has 1 aromatic rings. The topological polar surface area (TPSA) is 32.5 Å². The maximum atomic E-state index is 6.24. The van der Waals surface area contributed by atoms with Crippen LogP contribution in [0.25, 0.3) is 0 Å². The molecule has 0 atom stereocenters. The molecule has 0 spiro atoms. The number of halogens is 1. The fourth-order valence-electron chi connectivity index (χ4n) is 1.79. The molecule has 0 heterocycles. The molecule has 1 rings (SSSR count). The van der Waals surface area contributed by atoms with E-state index in [0.717, 1.165) is 42.5 Å². The molecule has 0 fully saturated rings. The van der Waals surface area contributed by atoms with Gasteiger partial charge in [-0.2, -0.15) is 0 Å². The molecular weight excluding hydrogens is 234 g/mol. The predicted molar refractivity (Wildman–Crippen MR) is 76.9 cm³/mol. The molecule has 0 aromatic heterocycles. The first-order chi connectivity index (χ1) is 8.06. The highest BCUT2D eigenvalue weighted by atomic mass is 35.5. The number of para-hydroxylation sites is 1. The lowest BCUT2D eigenvalue weighted by Gasteiger charge is -2.28. The second-order valence-electron chi connectivity index (χ2n) is 4.47. The molecule has 0 aliphatic carbocycles. The minimum absolute atomic E-state index is 0.734. The zero-order valence-corrected chi connectivity index (χ0v) is 11.7. The summed E-state index contributed by atoms with van der Waals surface area (Å²) in [4.78, 5) is 4.42. The summed E-state index contributed by atoms with van der Waals surface area (Å²) in [6, 6.07) is 5.68. The van der Waals surface area contributed by atoms with E-state index in [9.17, 15) is 0 Å². The number of hydrogen-bond donors (Lipinski definition) is 1. The van der Waals surface area contributed by atoms with Crippen molar-refractivity contribution in [2.24, 2.45) is 0 Å². The van der Waals surface area contributed by atoms with Crippen LogP contribution in [0.2, 0.25) is 5.02 Å². The van der Waals surface area contributed by atoms with Gasteiger partial charge in [-0.3, -0.25) is 0 Å². The first-order valence-electron chi connectivity index (χ1n) is 6.00. The van der Waals surface area contributed by atoms with Crippen LogP contribution in [0.15, 0.2) is 18.2 Å². The molecule has 0 bridgehead atoms. The first kappa shape index (κ1) is 14.1. The number of nitrogens with zero attached hydrogens (tertiary/aromatic N) is 2. The number of nitrogens with two attached hydrogens (primary N) is 1. The number of anilines is 2. The summed E-state index contributed by atoms with van der Waals surface area (Å²) in [7, 11) is 4.14. The molecule has 0 saturated carbocycles. The number of rotatable bonds is 6. The summed E-state index contributed by atoms with van der Waals surface area (Å²) in [6.07, 6.45) is 1.08. The molecule has 3 nitrogen and oxygen atoms in total. The van der Waals surface area contributed by atoms with Crippen molar-refractivity contribution >= 4 is 23.0 Å². The maximum absolute atomic E-state index is 6.24. The normalized spacial score (nSPS) is 10.9. The molecule has 0 saturated heterocycles. The summed E-state index contributed by atoms with van der Waals surface area (Å²) < 4.78 is 0. The van der Waals surface area contributed by atoms with E-state index in [4.69, 9.17) is 17.3 Å². The lowest BCUT2D eigenvalue weighted by molar-refractivity contribution is 0.413. The SMILES string of the molecule is CCCN(CCN(C)C)c1c(N)cccc1Cl. The molecule has 0 aliphatic heterocycles. The Kier molecular flexibility index (Phi) is 5.59. The Morgan fingerprint density at radius 1 is 1.18 bits per heavy atom. The van der Waals surface area contributed by atoms with Crippen LogP contribution in [0.4, 0.5) is 11.4 Å². The maximum Gasteiger partial charge on any atom is 0.0789 e. The predicted octanol–water partition coefficient (Wildman–Crippen LogP) is 2.70. The van der Waals surface area contributed by atoms with Gasteiger partial charge in [-0.25, -0.2) is 0 Å². The lowest BCUT2D eigenvalue weighted by atomic mass is 10.2. The van der Waals surface area contributed by atoms with Gasteiger partial charge in [0.15, 0.2) is 0 Å². The van der Waals surface area contributed by atoms with Crippen LogP contribution in [0, 0.1) is 0 Å². The molecule has 0 aliphatic rings. The minimum atomic E-state index is 0.734. The van der Waals surface area contributed by atoms with E-state index in [1.165, 1.54) is 0 Å². The van der Waals surface area contributed by atoms with Gasteiger partial charge in [0.1, 0.15) is 0 Å². The Bertz CT molecular complexity index is 332. The molecule has 2 N–H and O–H groups in total. The number of likely N-dealkylation sites (N-methyl/N-ethyl adjacent to an activating group) is 1. The van der Waals surface area contributed by atoms with Gasteiger partial charge in [0.2, 0.25) is 0 Å². The van der Waals surface area contributed by atoms with E-state index in [1.807, 2.05) is 18.2 Å². The van der Waals surface area contributed by atoms with Crippen molar-refractivity contribution in [1.82, 2.24) is 4.90 Å². The molecule has 0 unspecified atom stereocenters. The van der Waals surface area contributed by atoms with Crippen LogP contribution < -0.4 is 10.6 Å². The molecule has 0 radical (unpaired) electrons. The largest absolute Gasteiger partial charge is 0.397 e. The van der Waals surface area contributed by atoms with E-state index < -0.39 is 0 Å². The summed E-state index contributed by atoms with van der Waals surface area (Å²) >= 11 is 6.24. The zero-order valence-electron chi connectivity index (χ0n) is 10.9. The van der Waals surface area contributed by atoms with Gasteiger partial charge < -0.3 is 15.5 Å². The van der Waals surface area contributed by atoms with Crippen LogP contribution >= 0.6 is 11.6 Å². The summed E-state index contributed by atoms with van der Waals surface area (Å²) in [6.45, 7) is 5.07. The zero-order chi connectivity index (χ0) is 12.8. The van der Waals surface area contributed by atoms with Crippen LogP contribution in [-0.2, 0) is 0 Å². The highest BCUT2D eigenvalue weighted by Gasteiger charge is 2.12. The number of nitrogen functional groups attached to an aromatic ring is 1. The second-order valence-corrected chi connectivity index (χ2v) is 4.88. The van der Waals surface area contributed by atoms with Crippen molar-refractivity contribution in [2.75, 3.05) is 44.4 Å². The van der Waals surface area contributed by atoms with Gasteiger partial charge in [-0.1, -0.05) is 24.6 Å². The third-order valence-electron chi connectivity index (χ3n) is 2.64. The van der Waals surface area contributed by atoms with Crippen LogP contribution in [0.3, 0.4) is 0 Å². The Balaban J connectivity index is 2.88. The van der Waals surface area contributed by atoms with E-state index in [0.29, 0.717) is 0 Å². The van der Waals surface area contributed by atoms with Gasteiger partial charge in [-0.15, -0.1) is 0 Å². The summed E-state index contributed by atoms with van der Waals surface area (Å²) in [5.41, 5.74) is 7.74. The van der Waals surface area contributed by atoms with E-state index >= 15 is 0 Å². The Morgan fingerprint density at radius 2 is 1.88 bits per heavy atom. The van der Waals surface area contributed by atoms with Gasteiger partial charge in [0.25, 0.3) is 0 Å². The Labute approximate surface area is 109 Å². The number of benzene rings is 1. The second kappa shape index (κ2) is 6.72. The third-order valence-corrected chi connectivity index (χ3v) is 2.95. The van der Waals surface area contributed by atoms with Crippen LogP contribution in [0.5, 0.6) is 0 Å². The Morgan fingerprint density at radius 3 is 2.41 bits per heavy atom. The van der Waals surface area contributed by atoms with Crippen molar-refractivity contribution < 1.29 is 0 Å². The van der Waals surface area contributed by atoms with Crippen molar-refractivity contribution in [3.63, 3.8) is 0 Å². The fraction of sp³-hybridized carbons (Fsp3) is 0.538. The molecule has 4 heteroatoms. The van der Waals surface area contributed by atoms with Crippen LogP contribution in [-0.4, -0.2) is 38.6 Å². The van der Waals surface area contributed by atoms with Gasteiger partial charge in [0, 0.05) is 19.6 Å². The fourth-order valence-corrected chi connectivity index (χ4v) is 2.09. The van der Waals surface area contributed by atoms with Crippen molar-refractivity contribution in [1.29, 1.82) is 0 Å². The molecule has 0 amide bonds. The molecule has 1 aromatic carbocycles. The quantitative estimate of drug-likeness (QED) is 0.794. The smallest absolute Gasteiger partial charge is 0.0789 e. The van der Waals surface area contributed by atoms with Crippen molar-refractivity contribution in [3.05, 3.63) is 23.2 Å². The average molecular weight is 256 g/mol. The van der Waals surface area contributed by atoms with Gasteiger partial charge >= 0.3 is 0 Å². The minimum Gasteiger partial charge on any atom is -0.397 e. The standard InChI is InChI=1S/C13H22ClN3/c1-4-8-17(10-9-16(2)3)13-11(14)6-5-7-12(13)15/h5-7H,4,8-10,15H2,1-3H3. The first-order valence-corrected chi connectivity index (χ1v) is 6.37. The Hall–Kier alpha value is -0.930.